The molecular formula is C33H34ClF3N4O5S. The number of ether oxygens (including phenoxy) is 2. The summed E-state index contributed by atoms with van der Waals surface area (Å²) in [5.41, 5.74) is 1.63. The van der Waals surface area contributed by atoms with E-state index >= 15 is 0 Å². The predicted octanol–water partition coefficient (Wildman–Crippen LogP) is 6.47. The van der Waals surface area contributed by atoms with Gasteiger partial charge in [0, 0.05) is 59.0 Å². The van der Waals surface area contributed by atoms with Gasteiger partial charge >= 0.3 is 12.1 Å². The lowest BCUT2D eigenvalue weighted by molar-refractivity contribution is -0.283. The van der Waals surface area contributed by atoms with E-state index in [2.05, 4.69) is 4.98 Å². The Kier molecular flexibility index (Phi) is 9.11. The number of hydrogen-bond donors (Lipinski definition) is 1. The number of carbonyl (C=O) groups is 1. The average molecular weight is 691 g/mol. The summed E-state index contributed by atoms with van der Waals surface area (Å²) in [7, 11) is 1.12. The summed E-state index contributed by atoms with van der Waals surface area (Å²) in [5, 5.41) is 11.7. The first-order chi connectivity index (χ1) is 22.3. The summed E-state index contributed by atoms with van der Waals surface area (Å²) in [6.07, 6.45) is -3.00. The number of benzene rings is 1. The third-order valence-corrected chi connectivity index (χ3v) is 10.6. The van der Waals surface area contributed by atoms with Crippen molar-refractivity contribution in [3.63, 3.8) is 0 Å². The maximum Gasteiger partial charge on any atom is 0.417 e. The summed E-state index contributed by atoms with van der Waals surface area (Å²) >= 11 is 7.67. The van der Waals surface area contributed by atoms with Crippen molar-refractivity contribution in [1.82, 2.24) is 19.4 Å². The van der Waals surface area contributed by atoms with Crippen LogP contribution in [-0.4, -0.2) is 75.1 Å². The normalized spacial score (nSPS) is 18.3. The minimum Gasteiger partial charge on any atom is -0.491 e. The number of aryl methyl sites for hydroxylation is 3. The van der Waals surface area contributed by atoms with Crippen molar-refractivity contribution >= 4 is 39.1 Å². The number of aromatic carboxylic acids is 1. The number of halogens is 4. The Morgan fingerprint density at radius 3 is 2.60 bits per heavy atom. The highest BCUT2D eigenvalue weighted by Gasteiger charge is 2.56. The zero-order chi connectivity index (χ0) is 33.7. The number of thiophene rings is 1. The molecule has 4 heterocycles. The molecule has 1 saturated heterocycles. The molecule has 1 N–H and O–H groups in total. The number of hydrogen-bond acceptors (Lipinski definition) is 8. The molecule has 1 aromatic carbocycles. The number of aromatic nitrogens is 3. The molecule has 2 aliphatic rings. The minimum absolute atomic E-state index is 0.0522. The first-order valence-corrected chi connectivity index (χ1v) is 16.6. The molecule has 9 nitrogen and oxygen atoms in total. The van der Waals surface area contributed by atoms with E-state index in [1.165, 1.54) is 11.3 Å². The molecule has 250 valence electrons. The predicted molar refractivity (Wildman–Crippen MR) is 173 cm³/mol. The standard InChI is InChI=1S/C33H34ClF3N4O5S/c1-18-14-23(29-28(38-18)25(17-47-29)31(43)44)22-15-20(34)4-7-27(22)46-13-12-41-19(2)39-26-6-5-21(16-24(26)30(41)42)40-10-8-32(45-3,9-11-40)33(35,36)37/h4,7,14-15,17,21H,5-6,8-13,16H2,1-3H3,(H,43,44)/t21-/m0/s1. The van der Waals surface area contributed by atoms with Gasteiger partial charge in [0.25, 0.3) is 5.56 Å². The Balaban J connectivity index is 1.20. The van der Waals surface area contributed by atoms with Crippen LogP contribution in [0.25, 0.3) is 21.3 Å². The van der Waals surface area contributed by atoms with Crippen LogP contribution in [0.4, 0.5) is 13.2 Å². The van der Waals surface area contributed by atoms with Gasteiger partial charge in [0.2, 0.25) is 0 Å². The average Bonchev–Trinajstić information content (AvgIpc) is 3.46. The fraction of sp³-hybridized carbons (Fsp3) is 0.455. The summed E-state index contributed by atoms with van der Waals surface area (Å²) < 4.78 is 54.6. The largest absolute Gasteiger partial charge is 0.491 e. The van der Waals surface area contributed by atoms with Gasteiger partial charge in [0.05, 0.1) is 28.0 Å². The van der Waals surface area contributed by atoms with Crippen molar-refractivity contribution in [3.05, 3.63) is 73.4 Å². The Morgan fingerprint density at radius 1 is 1.17 bits per heavy atom. The number of methoxy groups -OCH3 is 1. The molecular weight excluding hydrogens is 657 g/mol. The SMILES string of the molecule is COC1(C(F)(F)F)CCN([C@H]2CCc3nc(C)n(CCOc4ccc(Cl)cc4-c4cc(C)nc5c(C(=O)O)csc45)c(=O)c3C2)CC1. The van der Waals surface area contributed by atoms with Gasteiger partial charge in [-0.15, -0.1) is 11.3 Å². The lowest BCUT2D eigenvalue weighted by atomic mass is 9.86. The minimum atomic E-state index is -4.44. The molecule has 1 aliphatic heterocycles. The van der Waals surface area contributed by atoms with E-state index in [9.17, 15) is 27.9 Å². The van der Waals surface area contributed by atoms with E-state index in [1.807, 2.05) is 11.0 Å². The van der Waals surface area contributed by atoms with Crippen molar-refractivity contribution in [3.8, 4) is 16.9 Å². The summed E-state index contributed by atoms with van der Waals surface area (Å²) in [5.74, 6) is 0.0184. The van der Waals surface area contributed by atoms with Crippen LogP contribution in [0.5, 0.6) is 5.75 Å². The van der Waals surface area contributed by atoms with E-state index in [0.717, 1.165) is 24.8 Å². The third-order valence-electron chi connectivity index (χ3n) is 9.41. The van der Waals surface area contributed by atoms with E-state index in [-0.39, 0.29) is 56.2 Å². The summed E-state index contributed by atoms with van der Waals surface area (Å²) in [6, 6.07) is 7.01. The van der Waals surface area contributed by atoms with E-state index in [4.69, 9.17) is 26.1 Å². The van der Waals surface area contributed by atoms with Gasteiger partial charge in [-0.1, -0.05) is 11.6 Å². The van der Waals surface area contributed by atoms with Crippen LogP contribution in [0.2, 0.25) is 5.02 Å². The number of alkyl halides is 3. The number of carboxylic acid groups (broad SMARTS) is 1. The number of pyridine rings is 1. The lowest BCUT2D eigenvalue weighted by Crippen LogP contribution is -2.57. The number of piperidine rings is 1. The molecule has 47 heavy (non-hydrogen) atoms. The maximum atomic E-state index is 13.8. The summed E-state index contributed by atoms with van der Waals surface area (Å²) in [6.45, 7) is 4.41. The second-order valence-electron chi connectivity index (χ2n) is 12.1. The second-order valence-corrected chi connectivity index (χ2v) is 13.4. The van der Waals surface area contributed by atoms with Gasteiger partial charge < -0.3 is 14.6 Å². The molecule has 0 bridgehead atoms. The first-order valence-electron chi connectivity index (χ1n) is 15.3. The Hall–Kier alpha value is -3.52. The number of carboxylic acids is 1. The molecule has 1 fully saturated rings. The Bertz CT molecular complexity index is 1900. The zero-order valence-corrected chi connectivity index (χ0v) is 27.7. The molecule has 0 saturated carbocycles. The van der Waals surface area contributed by atoms with E-state index in [0.29, 0.717) is 56.5 Å². The van der Waals surface area contributed by atoms with Crippen LogP contribution in [0.1, 0.15) is 52.4 Å². The lowest BCUT2D eigenvalue weighted by Gasteiger charge is -2.45. The first kappa shape index (κ1) is 33.4. The molecule has 3 aromatic heterocycles. The molecule has 0 amide bonds. The van der Waals surface area contributed by atoms with Crippen LogP contribution in [0.3, 0.4) is 0 Å². The van der Waals surface area contributed by atoms with Crippen molar-refractivity contribution in [2.75, 3.05) is 26.8 Å². The monoisotopic (exact) mass is 690 g/mol. The van der Waals surface area contributed by atoms with Crippen molar-refractivity contribution < 1.29 is 32.5 Å². The summed E-state index contributed by atoms with van der Waals surface area (Å²) in [4.78, 5) is 36.8. The topological polar surface area (TPSA) is 107 Å². The molecule has 0 spiro atoms. The molecule has 1 aliphatic carbocycles. The third kappa shape index (κ3) is 6.26. The van der Waals surface area contributed by atoms with Gasteiger partial charge in [-0.3, -0.25) is 19.2 Å². The van der Waals surface area contributed by atoms with Crippen LogP contribution in [0.15, 0.2) is 34.4 Å². The Morgan fingerprint density at radius 2 is 1.91 bits per heavy atom. The van der Waals surface area contributed by atoms with Gasteiger partial charge in [0.1, 0.15) is 18.2 Å². The van der Waals surface area contributed by atoms with Crippen molar-refractivity contribution in [2.45, 2.75) is 70.3 Å². The molecule has 14 heteroatoms. The molecule has 4 aromatic rings. The maximum absolute atomic E-state index is 13.8. The highest BCUT2D eigenvalue weighted by atomic mass is 35.5. The van der Waals surface area contributed by atoms with Crippen molar-refractivity contribution in [1.29, 1.82) is 0 Å². The number of rotatable bonds is 8. The molecule has 0 radical (unpaired) electrons. The van der Waals surface area contributed by atoms with Crippen molar-refractivity contribution in [2.24, 2.45) is 0 Å². The number of fused-ring (bicyclic) bond motifs is 2. The Labute approximate surface area is 277 Å². The molecule has 1 atom stereocenters. The van der Waals surface area contributed by atoms with E-state index in [1.54, 1.807) is 42.0 Å². The van der Waals surface area contributed by atoms with Crippen LogP contribution in [-0.2, 0) is 24.1 Å². The number of likely N-dealkylation sites (tertiary alicyclic amines) is 1. The quantitative estimate of drug-likeness (QED) is 0.224. The second kappa shape index (κ2) is 12.8. The molecule has 0 unspecified atom stereocenters. The number of nitrogens with zero attached hydrogens (tertiary/aromatic N) is 4. The van der Waals surface area contributed by atoms with Gasteiger partial charge in [-0.05, 0) is 70.2 Å². The fourth-order valence-electron chi connectivity index (χ4n) is 6.81. The van der Waals surface area contributed by atoms with Crippen LogP contribution >= 0.6 is 22.9 Å². The van der Waals surface area contributed by atoms with Gasteiger partial charge in [0.15, 0.2) is 5.60 Å². The van der Waals surface area contributed by atoms with Gasteiger partial charge in [-0.2, -0.15) is 13.2 Å². The van der Waals surface area contributed by atoms with Gasteiger partial charge in [-0.25, -0.2) is 9.78 Å². The van der Waals surface area contributed by atoms with Crippen LogP contribution < -0.4 is 10.3 Å². The fourth-order valence-corrected chi connectivity index (χ4v) is 8.00. The smallest absolute Gasteiger partial charge is 0.417 e. The highest BCUT2D eigenvalue weighted by Crippen LogP contribution is 2.43. The van der Waals surface area contributed by atoms with E-state index < -0.39 is 17.7 Å². The van der Waals surface area contributed by atoms with Crippen LogP contribution in [0, 0.1) is 13.8 Å². The highest BCUT2D eigenvalue weighted by molar-refractivity contribution is 7.18. The molecule has 6 rings (SSSR count). The zero-order valence-electron chi connectivity index (χ0n) is 26.1.